The van der Waals surface area contributed by atoms with E-state index in [1.807, 2.05) is 12.1 Å². The minimum Gasteiger partial charge on any atom is -0.512 e. The van der Waals surface area contributed by atoms with E-state index in [2.05, 4.69) is 14.7 Å². The van der Waals surface area contributed by atoms with Crippen molar-refractivity contribution in [2.45, 2.75) is 63.1 Å². The molecule has 0 amide bonds. The van der Waals surface area contributed by atoms with Crippen LogP contribution in [-0.2, 0) is 4.74 Å². The summed E-state index contributed by atoms with van der Waals surface area (Å²) >= 11 is 0. The quantitative estimate of drug-likeness (QED) is 0.222. The molecule has 9 nitrogen and oxygen atoms in total. The topological polar surface area (TPSA) is 120 Å². The third-order valence-corrected chi connectivity index (χ3v) is 8.06. The fourth-order valence-electron chi connectivity index (χ4n) is 6.00. The van der Waals surface area contributed by atoms with Gasteiger partial charge >= 0.3 is 12.3 Å². The Morgan fingerprint density at radius 3 is 2.41 bits per heavy atom. The Morgan fingerprint density at radius 1 is 1.05 bits per heavy atom. The van der Waals surface area contributed by atoms with Gasteiger partial charge in [-0.05, 0) is 68.9 Å². The number of aliphatic hydroxyl groups is 1. The molecule has 3 aliphatic rings. The molecule has 216 valence electrons. The van der Waals surface area contributed by atoms with Gasteiger partial charge in [-0.3, -0.25) is 5.41 Å². The first-order valence-electron chi connectivity index (χ1n) is 13.6. The summed E-state index contributed by atoms with van der Waals surface area (Å²) in [6, 6.07) is 11.0. The van der Waals surface area contributed by atoms with Gasteiger partial charge in [0.05, 0.1) is 29.5 Å². The maximum atomic E-state index is 13.0. The highest BCUT2D eigenvalue weighted by Gasteiger charge is 2.42. The average Bonchev–Trinajstić information content (AvgIpc) is 3.63. The molecule has 2 saturated heterocycles. The number of halogens is 3. The van der Waals surface area contributed by atoms with E-state index in [-0.39, 0.29) is 58.9 Å². The predicted octanol–water partition coefficient (Wildman–Crippen LogP) is 5.74. The summed E-state index contributed by atoms with van der Waals surface area (Å²) in [5.74, 6) is -0.895. The van der Waals surface area contributed by atoms with Gasteiger partial charge in [-0.2, -0.15) is 5.10 Å². The monoisotopic (exact) mass is 570 g/mol. The van der Waals surface area contributed by atoms with Crippen molar-refractivity contribution in [2.75, 3.05) is 11.5 Å². The fraction of sp³-hybridized carbons (Fsp3) is 0.414. The summed E-state index contributed by atoms with van der Waals surface area (Å²) in [6.07, 6.45) is 1.13. The number of nitrogens with one attached hydrogen (secondary N) is 1. The van der Waals surface area contributed by atoms with Crippen LogP contribution in [0.15, 0.2) is 60.0 Å². The fourth-order valence-corrected chi connectivity index (χ4v) is 6.00. The summed E-state index contributed by atoms with van der Waals surface area (Å²) < 4.78 is 51.0. The van der Waals surface area contributed by atoms with Crippen LogP contribution in [0.4, 0.5) is 19.0 Å². The molecule has 3 N–H and O–H groups in total. The van der Waals surface area contributed by atoms with Crippen LogP contribution in [-0.4, -0.2) is 62.7 Å². The van der Waals surface area contributed by atoms with E-state index in [1.165, 1.54) is 24.4 Å². The summed E-state index contributed by atoms with van der Waals surface area (Å²) in [7, 11) is 0. The molecule has 1 aliphatic carbocycles. The minimum absolute atomic E-state index is 0.0119. The largest absolute Gasteiger partial charge is 0.573 e. The van der Waals surface area contributed by atoms with Crippen molar-refractivity contribution in [3.05, 3.63) is 71.1 Å². The van der Waals surface area contributed by atoms with E-state index in [4.69, 9.17) is 10.1 Å². The lowest BCUT2D eigenvalue weighted by atomic mass is 9.98. The van der Waals surface area contributed by atoms with Crippen LogP contribution in [0, 0.1) is 11.3 Å². The van der Waals surface area contributed by atoms with Gasteiger partial charge in [-0.25, -0.2) is 9.31 Å². The average molecular weight is 571 g/mol. The number of hydrogen-bond donors (Lipinski definition) is 3. The van der Waals surface area contributed by atoms with E-state index in [0.717, 1.165) is 37.6 Å². The molecule has 1 saturated carbocycles. The first kappa shape index (κ1) is 27.1. The molecule has 0 radical (unpaired) electrons. The highest BCUT2D eigenvalue weighted by Crippen LogP contribution is 2.41. The van der Waals surface area contributed by atoms with Crippen molar-refractivity contribution in [3.63, 3.8) is 0 Å². The Bertz CT molecular complexity index is 1520. The van der Waals surface area contributed by atoms with Crippen LogP contribution in [0.5, 0.6) is 5.75 Å². The molecule has 2 aliphatic heterocycles. The molecule has 2 unspecified atom stereocenters. The predicted molar refractivity (Wildman–Crippen MR) is 143 cm³/mol. The van der Waals surface area contributed by atoms with Gasteiger partial charge in [0.15, 0.2) is 0 Å². The van der Waals surface area contributed by atoms with Crippen LogP contribution in [0.1, 0.15) is 54.4 Å². The number of piperidine rings is 1. The Kier molecular flexibility index (Phi) is 6.88. The van der Waals surface area contributed by atoms with Crippen LogP contribution < -0.4 is 9.64 Å². The number of alkyl halides is 3. The van der Waals surface area contributed by atoms with Gasteiger partial charge < -0.3 is 24.6 Å². The molecule has 0 spiro atoms. The Balaban J connectivity index is 1.17. The number of para-hydroxylation sites is 1. The highest BCUT2D eigenvalue weighted by atomic mass is 19.4. The number of carbonyl (C=O) groups is 1. The summed E-state index contributed by atoms with van der Waals surface area (Å²) in [6.45, 7) is -0.100. The standard InChI is InChI=1S/C29H29F3N4O5/c30-29(31,32)41-24-4-2-1-3-22(24)26(33)23(27(37)16-5-6-16)15-40-21-12-19-7-8-20(13-21)36(19)25-10-9-18-11-17(28(38)39)14-35(18)34-25/h1-4,9-11,14,16,19-21,33,37H,5-8,12-13,15H2,(H,38,39)/b27-23-,33-26?/t19-,20?,21?/m0/s1. The lowest BCUT2D eigenvalue weighted by Crippen LogP contribution is -2.46. The maximum absolute atomic E-state index is 13.0. The third kappa shape index (κ3) is 5.61. The van der Waals surface area contributed by atoms with Crippen molar-refractivity contribution in [3.8, 4) is 5.75 Å². The number of allylic oxidation sites excluding steroid dienone is 1. The normalized spacial score (nSPS) is 23.0. The second-order valence-corrected chi connectivity index (χ2v) is 10.8. The third-order valence-electron chi connectivity index (χ3n) is 8.06. The smallest absolute Gasteiger partial charge is 0.512 e. The zero-order valence-corrected chi connectivity index (χ0v) is 22.0. The number of nitrogens with zero attached hydrogens (tertiary/aromatic N) is 3. The first-order chi connectivity index (χ1) is 19.6. The summed E-state index contributed by atoms with van der Waals surface area (Å²) in [4.78, 5) is 13.6. The van der Waals surface area contributed by atoms with Crippen LogP contribution in [0.3, 0.4) is 0 Å². The Hall–Kier alpha value is -4.06. The number of carboxylic acids is 1. The maximum Gasteiger partial charge on any atom is 0.573 e. The van der Waals surface area contributed by atoms with Gasteiger partial charge in [0.1, 0.15) is 17.3 Å². The second-order valence-electron chi connectivity index (χ2n) is 10.8. The number of rotatable bonds is 9. The number of aromatic nitrogens is 2. The van der Waals surface area contributed by atoms with Gasteiger partial charge in [0.2, 0.25) is 0 Å². The van der Waals surface area contributed by atoms with Crippen LogP contribution in [0.25, 0.3) is 5.52 Å². The molecule has 3 aromatic rings. The molecule has 4 heterocycles. The molecule has 2 aromatic heterocycles. The number of anilines is 1. The zero-order chi connectivity index (χ0) is 28.9. The van der Waals surface area contributed by atoms with Crippen molar-refractivity contribution < 1.29 is 37.7 Å². The molecule has 41 heavy (non-hydrogen) atoms. The number of benzene rings is 1. The molecule has 3 atom stereocenters. The van der Waals surface area contributed by atoms with Gasteiger partial charge in [0.25, 0.3) is 0 Å². The summed E-state index contributed by atoms with van der Waals surface area (Å²) in [5, 5.41) is 33.6. The van der Waals surface area contributed by atoms with Crippen LogP contribution in [0.2, 0.25) is 0 Å². The highest BCUT2D eigenvalue weighted by molar-refractivity contribution is 6.12. The van der Waals surface area contributed by atoms with E-state index < -0.39 is 18.1 Å². The molecule has 2 bridgehead atoms. The molecular formula is C29H29F3N4O5. The van der Waals surface area contributed by atoms with E-state index in [1.54, 1.807) is 10.6 Å². The number of aliphatic hydroxyl groups excluding tert-OH is 1. The second kappa shape index (κ2) is 10.4. The van der Waals surface area contributed by atoms with Crippen LogP contribution >= 0.6 is 0 Å². The number of hydrogen-bond acceptors (Lipinski definition) is 7. The van der Waals surface area contributed by atoms with E-state index >= 15 is 0 Å². The minimum atomic E-state index is -4.91. The molecule has 12 heteroatoms. The van der Waals surface area contributed by atoms with E-state index in [0.29, 0.717) is 18.4 Å². The van der Waals surface area contributed by atoms with E-state index in [9.17, 15) is 28.2 Å². The number of aromatic carboxylic acids is 1. The van der Waals surface area contributed by atoms with Crippen molar-refractivity contribution >= 4 is 23.0 Å². The molecular weight excluding hydrogens is 541 g/mol. The molecule has 6 rings (SSSR count). The Morgan fingerprint density at radius 2 is 1.76 bits per heavy atom. The van der Waals surface area contributed by atoms with Gasteiger partial charge in [-0.15, -0.1) is 13.2 Å². The number of carboxylic acid groups (broad SMARTS) is 1. The lowest BCUT2D eigenvalue weighted by molar-refractivity contribution is -0.274. The Labute approximate surface area is 233 Å². The van der Waals surface area contributed by atoms with Gasteiger partial charge in [-0.1, -0.05) is 12.1 Å². The number of ether oxygens (including phenoxy) is 2. The SMILES string of the molecule is N=C(/C(COC1CC2CC[C@@H](C1)N2c1ccc2cc(C(=O)O)cn2n1)=C(\O)C1CC1)c1ccccc1OC(F)(F)F. The van der Waals surface area contributed by atoms with Crippen molar-refractivity contribution in [2.24, 2.45) is 5.92 Å². The lowest BCUT2D eigenvalue weighted by Gasteiger charge is -2.39. The van der Waals surface area contributed by atoms with Gasteiger partial charge in [0, 0.05) is 35.3 Å². The van der Waals surface area contributed by atoms with Crippen molar-refractivity contribution in [1.82, 2.24) is 9.61 Å². The first-order valence-corrected chi connectivity index (χ1v) is 13.6. The number of fused-ring (bicyclic) bond motifs is 3. The molecule has 1 aromatic carbocycles. The summed E-state index contributed by atoms with van der Waals surface area (Å²) in [5.41, 5.74) is 0.717. The molecule has 3 fully saturated rings. The zero-order valence-electron chi connectivity index (χ0n) is 22.0. The van der Waals surface area contributed by atoms with Crippen molar-refractivity contribution in [1.29, 1.82) is 5.41 Å².